The lowest BCUT2D eigenvalue weighted by Gasteiger charge is -2.61. The second-order valence-electron chi connectivity index (χ2n) is 13.5. The number of piperidine rings is 1. The monoisotopic (exact) mass is 527 g/mol. The molecule has 2 aromatic carbocycles. The number of rotatable bonds is 10. The molecule has 0 aromatic heterocycles. The Morgan fingerprint density at radius 2 is 1.82 bits per heavy atom. The highest BCUT2D eigenvalue weighted by atomic mass is 16.5. The van der Waals surface area contributed by atoms with Gasteiger partial charge in [0, 0.05) is 36.6 Å². The molecule has 1 N–H and O–H groups in total. The van der Waals surface area contributed by atoms with Crippen LogP contribution in [0.25, 0.3) is 0 Å². The molecule has 7 aliphatic rings. The molecule has 4 unspecified atom stereocenters. The van der Waals surface area contributed by atoms with Gasteiger partial charge in [0.2, 0.25) is 0 Å². The van der Waals surface area contributed by atoms with Crippen LogP contribution >= 0.6 is 0 Å². The number of carbonyl (C=O) groups is 1. The highest BCUT2D eigenvalue weighted by Crippen LogP contribution is 2.83. The summed E-state index contributed by atoms with van der Waals surface area (Å²) in [5.74, 6) is 3.48. The first-order chi connectivity index (χ1) is 19.0. The van der Waals surface area contributed by atoms with E-state index in [2.05, 4.69) is 46.3 Å². The molecule has 7 fully saturated rings. The maximum Gasteiger partial charge on any atom is 0.318 e. The van der Waals surface area contributed by atoms with Crippen LogP contribution in [-0.4, -0.2) is 47.0 Å². The Bertz CT molecular complexity index is 1150. The normalized spacial score (nSPS) is 34.1. The number of hydrogen-bond acceptors (Lipinski definition) is 3. The quantitative estimate of drug-likeness (QED) is 0.378. The average Bonchev–Trinajstić information content (AvgIpc) is 3.66. The summed E-state index contributed by atoms with van der Waals surface area (Å²) in [7, 11) is 0. The summed E-state index contributed by atoms with van der Waals surface area (Å²) in [6, 6.07) is 19.4. The first kappa shape index (κ1) is 25.4. The molecular formula is C34H45N3O2. The van der Waals surface area contributed by atoms with E-state index in [9.17, 15) is 4.79 Å². The molecule has 208 valence electrons. The van der Waals surface area contributed by atoms with Crippen LogP contribution in [0.3, 0.4) is 0 Å². The van der Waals surface area contributed by atoms with E-state index >= 15 is 0 Å². The van der Waals surface area contributed by atoms with Crippen molar-refractivity contribution in [1.29, 1.82) is 0 Å². The van der Waals surface area contributed by atoms with E-state index in [0.717, 1.165) is 43.0 Å². The largest absolute Gasteiger partial charge is 0.489 e. The number of hydrogen-bond donors (Lipinski definition) is 1. The molecule has 6 aliphatic carbocycles. The Morgan fingerprint density at radius 1 is 1.03 bits per heavy atom. The van der Waals surface area contributed by atoms with Crippen LogP contribution in [0.4, 0.5) is 4.79 Å². The molecule has 5 nitrogen and oxygen atoms in total. The van der Waals surface area contributed by atoms with Gasteiger partial charge in [-0.1, -0.05) is 48.9 Å². The van der Waals surface area contributed by atoms with E-state index in [1.165, 1.54) is 69.0 Å². The van der Waals surface area contributed by atoms with Crippen LogP contribution in [0.15, 0.2) is 54.6 Å². The maximum atomic E-state index is 13.9. The molecule has 1 aliphatic heterocycles. The Morgan fingerprint density at radius 3 is 2.59 bits per heavy atom. The number of ether oxygens (including phenoxy) is 1. The Balaban J connectivity index is 1.00. The molecule has 4 bridgehead atoms. The number of urea groups is 1. The lowest BCUT2D eigenvalue weighted by atomic mass is 9.45. The van der Waals surface area contributed by atoms with Crippen LogP contribution in [-0.2, 0) is 13.2 Å². The summed E-state index contributed by atoms with van der Waals surface area (Å²) in [5.41, 5.74) is 2.90. The summed E-state index contributed by atoms with van der Waals surface area (Å²) < 4.78 is 6.00. The summed E-state index contributed by atoms with van der Waals surface area (Å²) >= 11 is 0. The van der Waals surface area contributed by atoms with E-state index in [1.807, 2.05) is 30.3 Å². The van der Waals surface area contributed by atoms with Gasteiger partial charge in [-0.25, -0.2) is 4.79 Å². The van der Waals surface area contributed by atoms with Crippen LogP contribution in [0.1, 0.15) is 75.8 Å². The minimum absolute atomic E-state index is 0.105. The lowest BCUT2D eigenvalue weighted by molar-refractivity contribution is -0.101. The molecule has 1 saturated heterocycles. The van der Waals surface area contributed by atoms with Gasteiger partial charge < -0.3 is 19.9 Å². The maximum absolute atomic E-state index is 13.9. The predicted molar refractivity (Wildman–Crippen MR) is 154 cm³/mol. The Kier molecular flexibility index (Phi) is 6.61. The van der Waals surface area contributed by atoms with Gasteiger partial charge in [0.05, 0.1) is 0 Å². The number of benzene rings is 2. The van der Waals surface area contributed by atoms with Crippen molar-refractivity contribution in [1.82, 2.24) is 15.1 Å². The van der Waals surface area contributed by atoms with Gasteiger partial charge in [-0.3, -0.25) is 0 Å². The predicted octanol–water partition coefficient (Wildman–Crippen LogP) is 6.62. The second kappa shape index (κ2) is 10.1. The van der Waals surface area contributed by atoms with Crippen molar-refractivity contribution < 1.29 is 9.53 Å². The zero-order valence-corrected chi connectivity index (χ0v) is 23.6. The molecule has 4 atom stereocenters. The first-order valence-electron chi connectivity index (χ1n) is 15.6. The van der Waals surface area contributed by atoms with Gasteiger partial charge in [-0.15, -0.1) is 0 Å². The van der Waals surface area contributed by atoms with Gasteiger partial charge in [0.15, 0.2) is 0 Å². The van der Waals surface area contributed by atoms with Crippen LogP contribution in [0.5, 0.6) is 5.75 Å². The molecule has 9 rings (SSSR count). The highest BCUT2D eigenvalue weighted by Gasteiger charge is 2.83. The molecule has 2 aromatic rings. The van der Waals surface area contributed by atoms with Gasteiger partial charge >= 0.3 is 6.03 Å². The zero-order chi connectivity index (χ0) is 26.5. The van der Waals surface area contributed by atoms with Crippen molar-refractivity contribution in [3.8, 4) is 5.75 Å². The van der Waals surface area contributed by atoms with Crippen molar-refractivity contribution >= 4 is 6.03 Å². The van der Waals surface area contributed by atoms with Crippen molar-refractivity contribution in [2.45, 2.75) is 89.4 Å². The van der Waals surface area contributed by atoms with E-state index in [-0.39, 0.29) is 11.6 Å². The number of nitrogens with one attached hydrogen (secondary N) is 1. The van der Waals surface area contributed by atoms with E-state index in [0.29, 0.717) is 24.6 Å². The zero-order valence-electron chi connectivity index (χ0n) is 23.6. The third-order valence-corrected chi connectivity index (χ3v) is 11.3. The second-order valence-corrected chi connectivity index (χ2v) is 13.5. The summed E-state index contributed by atoms with van der Waals surface area (Å²) in [6.07, 6.45) is 11.7. The highest BCUT2D eigenvalue weighted by molar-refractivity contribution is 5.76. The smallest absolute Gasteiger partial charge is 0.318 e. The molecule has 2 amide bonds. The van der Waals surface area contributed by atoms with Crippen molar-refractivity contribution in [2.24, 2.45) is 23.2 Å². The Labute approximate surface area is 234 Å². The fourth-order valence-corrected chi connectivity index (χ4v) is 9.25. The molecule has 0 radical (unpaired) electrons. The molecule has 5 heteroatoms. The Hall–Kier alpha value is -2.53. The summed E-state index contributed by atoms with van der Waals surface area (Å²) in [5, 5.41) is 3.67. The molecule has 6 saturated carbocycles. The van der Waals surface area contributed by atoms with Crippen LogP contribution in [0.2, 0.25) is 0 Å². The third kappa shape index (κ3) is 4.65. The van der Waals surface area contributed by atoms with Crippen molar-refractivity contribution in [3.63, 3.8) is 0 Å². The van der Waals surface area contributed by atoms with Gasteiger partial charge in [0.25, 0.3) is 0 Å². The van der Waals surface area contributed by atoms with E-state index in [4.69, 9.17) is 4.74 Å². The van der Waals surface area contributed by atoms with Crippen LogP contribution in [0, 0.1) is 23.2 Å². The van der Waals surface area contributed by atoms with Gasteiger partial charge in [0.1, 0.15) is 12.4 Å². The SMILES string of the molecule is CC1CCCCN1CCCN(Cc1ccc(OCc2ccccc2)cc1)C(=O)NC12CC3CC4CC(C3)C41C2. The van der Waals surface area contributed by atoms with Crippen LogP contribution < -0.4 is 10.1 Å². The lowest BCUT2D eigenvalue weighted by Crippen LogP contribution is -2.61. The van der Waals surface area contributed by atoms with E-state index < -0.39 is 0 Å². The topological polar surface area (TPSA) is 44.8 Å². The summed E-state index contributed by atoms with van der Waals surface area (Å²) in [6.45, 7) is 6.67. The number of amides is 2. The number of likely N-dealkylation sites (tertiary alicyclic amines) is 1. The van der Waals surface area contributed by atoms with Crippen molar-refractivity contribution in [2.75, 3.05) is 19.6 Å². The van der Waals surface area contributed by atoms with Gasteiger partial charge in [-0.05, 0) is 106 Å². The fourth-order valence-electron chi connectivity index (χ4n) is 9.25. The minimum atomic E-state index is 0.105. The molecule has 1 heterocycles. The summed E-state index contributed by atoms with van der Waals surface area (Å²) in [4.78, 5) is 18.6. The first-order valence-corrected chi connectivity index (χ1v) is 15.6. The molecular weight excluding hydrogens is 482 g/mol. The number of nitrogens with zero attached hydrogens (tertiary/aromatic N) is 2. The number of carbonyl (C=O) groups excluding carboxylic acids is 1. The average molecular weight is 528 g/mol. The minimum Gasteiger partial charge on any atom is -0.489 e. The standard InChI is InChI=1S/C34H45N3O2/c1-25-8-5-6-15-36(25)16-7-17-37(22-26-11-13-31(14-12-26)39-23-27-9-3-2-4-10-27)32(38)35-33-21-28-18-29-20-30(19-28)34(29,33)24-33/h2-4,9-14,25,28-30H,5-8,15-24H2,1H3,(H,35,38). The van der Waals surface area contributed by atoms with E-state index in [1.54, 1.807) is 0 Å². The van der Waals surface area contributed by atoms with Gasteiger partial charge in [-0.2, -0.15) is 0 Å². The fraction of sp³-hybridized carbons (Fsp3) is 0.618. The molecule has 1 spiro atoms. The van der Waals surface area contributed by atoms with Crippen molar-refractivity contribution in [3.05, 3.63) is 65.7 Å². The molecule has 39 heavy (non-hydrogen) atoms. The third-order valence-electron chi connectivity index (χ3n) is 11.3.